The van der Waals surface area contributed by atoms with Gasteiger partial charge in [0.25, 0.3) is 5.91 Å². The Morgan fingerprint density at radius 2 is 1.71 bits per heavy atom. The van der Waals surface area contributed by atoms with E-state index in [4.69, 9.17) is 17.3 Å². The molecule has 2 aromatic carbocycles. The molecule has 0 aliphatic rings. The number of nitrogens with two attached hydrogens (primary N) is 1. The average molecular weight is 482 g/mol. The number of nitrogens with one attached hydrogen (secondary N) is 2. The number of benzene rings is 2. The van der Waals surface area contributed by atoms with Crippen LogP contribution in [0.15, 0.2) is 73.1 Å². The van der Waals surface area contributed by atoms with Gasteiger partial charge in [0.2, 0.25) is 6.41 Å². The summed E-state index contributed by atoms with van der Waals surface area (Å²) in [6.07, 6.45) is 7.72. The van der Waals surface area contributed by atoms with Crippen LogP contribution in [0.2, 0.25) is 5.02 Å². The fourth-order valence-corrected chi connectivity index (χ4v) is 3.24. The largest absolute Gasteiger partial charge is 0.397 e. The molecule has 0 atom stereocenters. The van der Waals surface area contributed by atoms with E-state index in [2.05, 4.69) is 27.4 Å². The minimum Gasteiger partial charge on any atom is -0.397 e. The van der Waals surface area contributed by atoms with E-state index in [9.17, 15) is 9.59 Å². The predicted molar refractivity (Wildman–Crippen MR) is 140 cm³/mol. The lowest BCUT2D eigenvalue weighted by molar-refractivity contribution is -0.109. The van der Waals surface area contributed by atoms with E-state index in [-0.39, 0.29) is 5.91 Å². The van der Waals surface area contributed by atoms with Gasteiger partial charge in [-0.25, -0.2) is 0 Å². The molecule has 3 rings (SSSR count). The first-order valence-corrected chi connectivity index (χ1v) is 11.7. The van der Waals surface area contributed by atoms with Crippen molar-refractivity contribution in [2.75, 3.05) is 35.6 Å². The van der Waals surface area contributed by atoms with E-state index in [1.165, 1.54) is 18.5 Å². The van der Waals surface area contributed by atoms with Crippen LogP contribution in [0.1, 0.15) is 36.5 Å². The summed E-state index contributed by atoms with van der Waals surface area (Å²) < 4.78 is 0. The van der Waals surface area contributed by atoms with Gasteiger partial charge in [0, 0.05) is 48.3 Å². The molecule has 0 saturated heterocycles. The van der Waals surface area contributed by atoms with E-state index in [0.717, 1.165) is 32.5 Å². The van der Waals surface area contributed by atoms with Gasteiger partial charge in [-0.1, -0.05) is 37.1 Å². The van der Waals surface area contributed by atoms with Crippen molar-refractivity contribution in [2.24, 2.45) is 0 Å². The molecular formula is C26H32ClN5O2. The van der Waals surface area contributed by atoms with Crippen molar-refractivity contribution in [2.45, 2.75) is 26.2 Å². The molecule has 180 valence electrons. The summed E-state index contributed by atoms with van der Waals surface area (Å²) in [5.74, 6) is -0.209. The Labute approximate surface area is 206 Å². The van der Waals surface area contributed by atoms with E-state index in [1.54, 1.807) is 36.4 Å². The highest BCUT2D eigenvalue weighted by Crippen LogP contribution is 2.18. The molecule has 3 aromatic rings. The maximum absolute atomic E-state index is 11.9. The Kier molecular flexibility index (Phi) is 12.0. The average Bonchev–Trinajstić information content (AvgIpc) is 2.86. The number of nitrogens with zero attached hydrogens (tertiary/aromatic N) is 2. The highest BCUT2D eigenvalue weighted by atomic mass is 35.5. The predicted octanol–water partition coefficient (Wildman–Crippen LogP) is 5.00. The first-order valence-electron chi connectivity index (χ1n) is 11.3. The fourth-order valence-electron chi connectivity index (χ4n) is 3.11. The monoisotopic (exact) mass is 481 g/mol. The Morgan fingerprint density at radius 3 is 2.35 bits per heavy atom. The topological polar surface area (TPSA) is 100 Å². The lowest BCUT2D eigenvalue weighted by Crippen LogP contribution is -2.28. The Bertz CT molecular complexity index is 1000. The van der Waals surface area contributed by atoms with Gasteiger partial charge in [-0.15, -0.1) is 0 Å². The molecule has 0 spiro atoms. The van der Waals surface area contributed by atoms with Gasteiger partial charge in [0.05, 0.1) is 11.4 Å². The number of anilines is 3. The van der Waals surface area contributed by atoms with Crippen molar-refractivity contribution in [1.82, 2.24) is 10.3 Å². The van der Waals surface area contributed by atoms with E-state index in [0.29, 0.717) is 22.0 Å². The minimum absolute atomic E-state index is 0.209. The molecule has 8 heteroatoms. The molecule has 0 radical (unpaired) electrons. The number of hydrogen-bond donors (Lipinski definition) is 3. The van der Waals surface area contributed by atoms with Crippen LogP contribution in [0.3, 0.4) is 0 Å². The fraction of sp³-hybridized carbons (Fsp3) is 0.269. The van der Waals surface area contributed by atoms with Crippen LogP contribution in [-0.2, 0) is 4.79 Å². The molecular weight excluding hydrogens is 450 g/mol. The number of unbranched alkanes of at least 4 members (excludes halogenated alkanes) is 1. The third-order valence-corrected chi connectivity index (χ3v) is 5.21. The number of carbonyl (C=O) groups excluding carboxylic acids is 2. The second kappa shape index (κ2) is 15.3. The van der Waals surface area contributed by atoms with E-state index >= 15 is 0 Å². The maximum atomic E-state index is 11.9. The lowest BCUT2D eigenvalue weighted by Gasteiger charge is -2.24. The Hall–Kier alpha value is -3.58. The van der Waals surface area contributed by atoms with E-state index in [1.807, 2.05) is 36.7 Å². The van der Waals surface area contributed by atoms with E-state index < -0.39 is 0 Å². The van der Waals surface area contributed by atoms with Crippen LogP contribution in [0, 0.1) is 0 Å². The molecule has 34 heavy (non-hydrogen) atoms. The Morgan fingerprint density at radius 1 is 1.03 bits per heavy atom. The molecule has 7 nitrogen and oxygen atoms in total. The van der Waals surface area contributed by atoms with Crippen LogP contribution in [0.5, 0.6) is 0 Å². The smallest absolute Gasteiger partial charge is 0.255 e. The molecule has 0 saturated carbocycles. The molecule has 0 unspecified atom stereocenters. The number of aromatic nitrogens is 1. The van der Waals surface area contributed by atoms with Gasteiger partial charge in [-0.2, -0.15) is 0 Å². The first kappa shape index (κ1) is 26.7. The standard InChI is InChI=1S/C13H11ClN2O.C13H21N3O/c14-10-7-5-9(6-8-10)13(17)16-12-4-2-1-3-11(12)15;1-2-3-10-16(11-4-7-15-12-17)13-5-8-14-9-6-13/h1-8H,15H2,(H,16,17);5-6,8-9,12H,2-4,7,10-11H2,1H3,(H,15,17). The molecule has 2 amide bonds. The highest BCUT2D eigenvalue weighted by molar-refractivity contribution is 6.30. The van der Waals surface area contributed by atoms with Crippen molar-refractivity contribution < 1.29 is 9.59 Å². The molecule has 0 aliphatic heterocycles. The summed E-state index contributed by atoms with van der Waals surface area (Å²) in [6, 6.07) is 17.8. The van der Waals surface area contributed by atoms with Gasteiger partial charge >= 0.3 is 0 Å². The number of hydrogen-bond acceptors (Lipinski definition) is 5. The molecule has 0 fully saturated rings. The van der Waals surface area contributed by atoms with Crippen LogP contribution < -0.4 is 21.3 Å². The lowest BCUT2D eigenvalue weighted by atomic mass is 10.2. The van der Waals surface area contributed by atoms with Crippen molar-refractivity contribution in [3.63, 3.8) is 0 Å². The number of nitrogen functional groups attached to an aromatic ring is 1. The van der Waals surface area contributed by atoms with Crippen LogP contribution in [0.25, 0.3) is 0 Å². The number of para-hydroxylation sites is 2. The van der Waals surface area contributed by atoms with Gasteiger partial charge in [0.15, 0.2) is 0 Å². The number of rotatable bonds is 11. The van der Waals surface area contributed by atoms with Crippen LogP contribution >= 0.6 is 11.6 Å². The molecule has 0 aliphatic carbocycles. The summed E-state index contributed by atoms with van der Waals surface area (Å²) in [7, 11) is 0. The van der Waals surface area contributed by atoms with Crippen molar-refractivity contribution in [3.05, 3.63) is 83.6 Å². The minimum atomic E-state index is -0.209. The third-order valence-electron chi connectivity index (χ3n) is 4.96. The van der Waals surface area contributed by atoms with Crippen molar-refractivity contribution in [1.29, 1.82) is 0 Å². The summed E-state index contributed by atoms with van der Waals surface area (Å²) in [6.45, 7) is 4.95. The second-order valence-electron chi connectivity index (χ2n) is 7.52. The van der Waals surface area contributed by atoms with Gasteiger partial charge < -0.3 is 21.3 Å². The quantitative estimate of drug-likeness (QED) is 0.203. The summed E-state index contributed by atoms with van der Waals surface area (Å²) >= 11 is 5.75. The molecule has 0 bridgehead atoms. The van der Waals surface area contributed by atoms with Crippen LogP contribution in [-0.4, -0.2) is 36.9 Å². The second-order valence-corrected chi connectivity index (χ2v) is 7.96. The maximum Gasteiger partial charge on any atom is 0.255 e. The van der Waals surface area contributed by atoms with Crippen molar-refractivity contribution in [3.8, 4) is 0 Å². The third kappa shape index (κ3) is 9.50. The number of carbonyl (C=O) groups is 2. The van der Waals surface area contributed by atoms with Gasteiger partial charge in [0.1, 0.15) is 0 Å². The first-order chi connectivity index (χ1) is 16.5. The van der Waals surface area contributed by atoms with Gasteiger partial charge in [-0.05, 0) is 61.4 Å². The zero-order chi connectivity index (χ0) is 24.6. The van der Waals surface area contributed by atoms with Gasteiger partial charge in [-0.3, -0.25) is 14.6 Å². The highest BCUT2D eigenvalue weighted by Gasteiger charge is 2.07. The molecule has 4 N–H and O–H groups in total. The number of pyridine rings is 1. The number of halogens is 1. The van der Waals surface area contributed by atoms with Crippen LogP contribution in [0.4, 0.5) is 17.1 Å². The SMILES string of the molecule is CCCCN(CCCNC=O)c1ccncc1.Nc1ccccc1NC(=O)c1ccc(Cl)cc1. The van der Waals surface area contributed by atoms with Crippen molar-refractivity contribution >= 4 is 41.0 Å². The summed E-state index contributed by atoms with van der Waals surface area (Å²) in [5.41, 5.74) is 8.62. The summed E-state index contributed by atoms with van der Waals surface area (Å²) in [5, 5.41) is 6.03. The molecule has 1 aromatic heterocycles. The number of amides is 2. The zero-order valence-electron chi connectivity index (χ0n) is 19.4. The normalized spacial score (nSPS) is 9.94. The Balaban J connectivity index is 0.000000240. The zero-order valence-corrected chi connectivity index (χ0v) is 20.2. The summed E-state index contributed by atoms with van der Waals surface area (Å²) in [4.78, 5) is 28.4. The molecule has 1 heterocycles.